The van der Waals surface area contributed by atoms with E-state index >= 15 is 0 Å². The summed E-state index contributed by atoms with van der Waals surface area (Å²) < 4.78 is 53.0. The van der Waals surface area contributed by atoms with Crippen molar-refractivity contribution in [3.05, 3.63) is 83.2 Å². The molecule has 0 aliphatic carbocycles. The molecule has 3 aromatic rings. The molecule has 2 N–H and O–H groups in total. The predicted octanol–water partition coefficient (Wildman–Crippen LogP) is 5.08. The number of rotatable bonds is 6. The molecule has 184 valence electrons. The molecule has 0 unspecified atom stereocenters. The van der Waals surface area contributed by atoms with Crippen LogP contribution in [-0.2, 0) is 11.0 Å². The number of amides is 1. The summed E-state index contributed by atoms with van der Waals surface area (Å²) in [4.78, 5) is 14.3. The predicted molar refractivity (Wildman–Crippen MR) is 125 cm³/mol. The van der Waals surface area contributed by atoms with E-state index in [2.05, 4.69) is 11.4 Å². The summed E-state index contributed by atoms with van der Waals surface area (Å²) in [5.74, 6) is -1.39. The molecule has 10 heteroatoms. The Morgan fingerprint density at radius 3 is 2.19 bits per heavy atom. The van der Waals surface area contributed by atoms with E-state index in [1.165, 1.54) is 42.2 Å². The number of carbonyl (C=O) groups is 1. The summed E-state index contributed by atoms with van der Waals surface area (Å²) in [6, 6.07) is 16.6. The Bertz CT molecular complexity index is 1370. The van der Waals surface area contributed by atoms with Crippen LogP contribution in [0.25, 0.3) is 11.1 Å². The van der Waals surface area contributed by atoms with E-state index in [-0.39, 0.29) is 12.2 Å². The summed E-state index contributed by atoms with van der Waals surface area (Å²) in [6.07, 6.45) is -4.80. The van der Waals surface area contributed by atoms with E-state index in [1.54, 1.807) is 25.2 Å². The molecule has 0 aromatic heterocycles. The molecule has 3 aromatic carbocycles. The summed E-state index contributed by atoms with van der Waals surface area (Å²) in [5.41, 5.74) is -2.09. The van der Waals surface area contributed by atoms with Crippen molar-refractivity contribution < 1.29 is 27.5 Å². The van der Waals surface area contributed by atoms with Crippen LogP contribution in [-0.4, -0.2) is 30.2 Å². The third-order valence-electron chi connectivity index (χ3n) is 5.46. The summed E-state index contributed by atoms with van der Waals surface area (Å²) >= 11 is 0. The molecule has 3 rings (SSSR count). The van der Waals surface area contributed by atoms with E-state index in [0.29, 0.717) is 28.4 Å². The van der Waals surface area contributed by atoms with Gasteiger partial charge in [0.2, 0.25) is 0 Å². The highest BCUT2D eigenvalue weighted by Crippen LogP contribution is 2.34. The van der Waals surface area contributed by atoms with Crippen molar-refractivity contribution in [3.63, 3.8) is 0 Å². The van der Waals surface area contributed by atoms with E-state index in [0.717, 1.165) is 12.1 Å². The van der Waals surface area contributed by atoms with Gasteiger partial charge in [0, 0.05) is 24.0 Å². The summed E-state index contributed by atoms with van der Waals surface area (Å²) in [5, 5.41) is 31.4. The lowest BCUT2D eigenvalue weighted by Crippen LogP contribution is -2.48. The molecule has 0 fully saturated rings. The molecule has 0 aliphatic rings. The monoisotopic (exact) mass is 496 g/mol. The first-order chi connectivity index (χ1) is 16.9. The maximum atomic E-state index is 13.3. The van der Waals surface area contributed by atoms with Gasteiger partial charge in [-0.05, 0) is 61.0 Å². The zero-order valence-corrected chi connectivity index (χ0v) is 19.2. The van der Waals surface area contributed by atoms with Gasteiger partial charge in [-0.1, -0.05) is 12.1 Å². The van der Waals surface area contributed by atoms with Gasteiger partial charge in [-0.2, -0.15) is 23.7 Å². The Morgan fingerprint density at radius 2 is 1.61 bits per heavy atom. The second-order valence-electron chi connectivity index (χ2n) is 8.30. The first kappa shape index (κ1) is 26.2. The number of alkyl halides is 3. The number of nitrogens with zero attached hydrogens (tertiary/aromatic N) is 3. The lowest BCUT2D eigenvalue weighted by Gasteiger charge is -2.30. The fourth-order valence-corrected chi connectivity index (χ4v) is 3.58. The number of likely N-dealkylation sites (N-methyl/N-ethyl adjacent to an activating group) is 1. The standard InChI is InChI=1S/C26H20F4N4O2/c1-25(36,24(35)33-20-9-5-18(14-32)23(11-20)26(28,29)30)15-34(2)21-10-6-17(13-31)22(12-21)16-3-7-19(27)8-4-16/h3-12,36H,15H2,1-2H3,(H,33,35)/t25-/m0/s1. The Balaban J connectivity index is 1.82. The average Bonchev–Trinajstić information content (AvgIpc) is 2.83. The molecular formula is C26H20F4N4O2. The van der Waals surface area contributed by atoms with Crippen molar-refractivity contribution in [2.24, 2.45) is 0 Å². The Kier molecular flexibility index (Phi) is 7.32. The second kappa shape index (κ2) is 10.1. The lowest BCUT2D eigenvalue weighted by molar-refractivity contribution is -0.138. The van der Waals surface area contributed by atoms with Gasteiger partial charge in [0.05, 0.1) is 35.4 Å². The highest BCUT2D eigenvalue weighted by molar-refractivity contribution is 5.97. The zero-order chi connectivity index (χ0) is 26.7. The Hall–Kier alpha value is -4.41. The van der Waals surface area contributed by atoms with Crippen LogP contribution >= 0.6 is 0 Å². The largest absolute Gasteiger partial charge is 0.417 e. The first-order valence-electron chi connectivity index (χ1n) is 10.5. The van der Waals surface area contributed by atoms with Crippen LogP contribution in [0, 0.1) is 28.5 Å². The second-order valence-corrected chi connectivity index (χ2v) is 8.30. The quantitative estimate of drug-likeness (QED) is 0.464. The van der Waals surface area contributed by atoms with Crippen molar-refractivity contribution in [1.29, 1.82) is 10.5 Å². The van der Waals surface area contributed by atoms with Gasteiger partial charge in [-0.3, -0.25) is 4.79 Å². The third kappa shape index (κ3) is 5.80. The van der Waals surface area contributed by atoms with Crippen molar-refractivity contribution in [2.45, 2.75) is 18.7 Å². The van der Waals surface area contributed by atoms with Gasteiger partial charge in [0.25, 0.3) is 5.91 Å². The number of aliphatic hydroxyl groups is 1. The van der Waals surface area contributed by atoms with E-state index < -0.39 is 34.6 Å². The van der Waals surface area contributed by atoms with Crippen LogP contribution in [0.1, 0.15) is 23.6 Å². The van der Waals surface area contributed by atoms with Gasteiger partial charge in [-0.15, -0.1) is 0 Å². The van der Waals surface area contributed by atoms with Gasteiger partial charge < -0.3 is 15.3 Å². The maximum absolute atomic E-state index is 13.3. The molecule has 1 atom stereocenters. The zero-order valence-electron chi connectivity index (χ0n) is 19.2. The Morgan fingerprint density at radius 1 is 1.00 bits per heavy atom. The smallest absolute Gasteiger partial charge is 0.378 e. The molecule has 0 saturated carbocycles. The molecule has 0 bridgehead atoms. The third-order valence-corrected chi connectivity index (χ3v) is 5.46. The number of nitrogens with one attached hydrogen (secondary N) is 1. The average molecular weight is 496 g/mol. The summed E-state index contributed by atoms with van der Waals surface area (Å²) in [7, 11) is 1.58. The van der Waals surface area contributed by atoms with Crippen LogP contribution in [0.15, 0.2) is 60.7 Å². The fourth-order valence-electron chi connectivity index (χ4n) is 3.58. The minimum atomic E-state index is -4.80. The molecule has 0 saturated heterocycles. The SMILES string of the molecule is CN(C[C@](C)(O)C(=O)Nc1ccc(C#N)c(C(F)(F)F)c1)c1ccc(C#N)c(-c2ccc(F)cc2)c1. The molecule has 6 nitrogen and oxygen atoms in total. The normalized spacial score (nSPS) is 12.7. The molecule has 0 spiro atoms. The molecular weight excluding hydrogens is 476 g/mol. The minimum absolute atomic E-state index is 0.230. The van der Waals surface area contributed by atoms with E-state index in [9.17, 15) is 32.7 Å². The fraction of sp³-hybridized carbons (Fsp3) is 0.192. The number of hydrogen-bond donors (Lipinski definition) is 2. The van der Waals surface area contributed by atoms with Gasteiger partial charge >= 0.3 is 6.18 Å². The molecule has 1 amide bonds. The molecule has 36 heavy (non-hydrogen) atoms. The van der Waals surface area contributed by atoms with E-state index in [4.69, 9.17) is 5.26 Å². The van der Waals surface area contributed by atoms with Crippen LogP contribution in [0.5, 0.6) is 0 Å². The maximum Gasteiger partial charge on any atom is 0.417 e. The molecule has 0 heterocycles. The Labute approximate surface area is 204 Å². The number of nitriles is 2. The van der Waals surface area contributed by atoms with Gasteiger partial charge in [-0.25, -0.2) is 4.39 Å². The van der Waals surface area contributed by atoms with Crippen molar-refractivity contribution >= 4 is 17.3 Å². The number of benzene rings is 3. The number of hydrogen-bond acceptors (Lipinski definition) is 5. The first-order valence-corrected chi connectivity index (χ1v) is 10.5. The summed E-state index contributed by atoms with van der Waals surface area (Å²) in [6.45, 7) is 0.952. The minimum Gasteiger partial charge on any atom is -0.378 e. The van der Waals surface area contributed by atoms with Crippen molar-refractivity contribution in [2.75, 3.05) is 23.8 Å². The van der Waals surface area contributed by atoms with Crippen LogP contribution in [0.4, 0.5) is 28.9 Å². The number of halogens is 4. The molecule has 0 aliphatic heterocycles. The highest BCUT2D eigenvalue weighted by atomic mass is 19.4. The lowest BCUT2D eigenvalue weighted by atomic mass is 9.98. The number of carbonyl (C=O) groups excluding carboxylic acids is 1. The van der Waals surface area contributed by atoms with Gasteiger partial charge in [0.1, 0.15) is 5.82 Å². The van der Waals surface area contributed by atoms with Crippen molar-refractivity contribution in [1.82, 2.24) is 0 Å². The van der Waals surface area contributed by atoms with Crippen LogP contribution < -0.4 is 10.2 Å². The van der Waals surface area contributed by atoms with Gasteiger partial charge in [0.15, 0.2) is 5.60 Å². The van der Waals surface area contributed by atoms with Crippen LogP contribution in [0.2, 0.25) is 0 Å². The van der Waals surface area contributed by atoms with Crippen molar-refractivity contribution in [3.8, 4) is 23.3 Å². The topological polar surface area (TPSA) is 100 Å². The van der Waals surface area contributed by atoms with E-state index in [1.807, 2.05) is 0 Å². The number of anilines is 2. The van der Waals surface area contributed by atoms with Crippen LogP contribution in [0.3, 0.4) is 0 Å². The molecule has 0 radical (unpaired) electrons. The highest BCUT2D eigenvalue weighted by Gasteiger charge is 2.35.